The third-order valence-electron chi connectivity index (χ3n) is 6.36. The molecule has 2 atom stereocenters. The van der Waals surface area contributed by atoms with Crippen LogP contribution in [0.1, 0.15) is 46.8 Å². The number of hydrogen-bond acceptors (Lipinski definition) is 3. The predicted molar refractivity (Wildman–Crippen MR) is 129 cm³/mol. The van der Waals surface area contributed by atoms with Crippen LogP contribution < -0.4 is 0 Å². The van der Waals surface area contributed by atoms with Crippen LogP contribution in [0.2, 0.25) is 0 Å². The second-order valence-electron chi connectivity index (χ2n) is 9.57. The lowest BCUT2D eigenvalue weighted by Crippen LogP contribution is -2.39. The fraction of sp³-hybridized carbons (Fsp3) is 0.393. The molecular weight excluding hydrogens is 396 g/mol. The number of benzene rings is 2. The summed E-state index contributed by atoms with van der Waals surface area (Å²) in [5.74, 6) is 1.35. The van der Waals surface area contributed by atoms with Gasteiger partial charge in [0.2, 0.25) is 0 Å². The first-order valence-corrected chi connectivity index (χ1v) is 11.6. The summed E-state index contributed by atoms with van der Waals surface area (Å²) in [6, 6.07) is 20.8. The molecular formula is C28H34N2O2. The molecule has 168 valence electrons. The standard InChI is InChI=1S/C28H34N2O2/c1-21(2)15-30(28(31)25-11-9-22(3)10-12-25)18-26-17-29(16-23-13-14-32-20-23)19-27(26)24-7-5-4-6-8-24/h4-14,20-21,26-27H,15-19H2,1-3H3/t26-,27+/m1/s1. The smallest absolute Gasteiger partial charge is 0.253 e. The fourth-order valence-corrected chi connectivity index (χ4v) is 4.84. The number of carbonyl (C=O) groups is 1. The molecule has 4 heteroatoms. The molecule has 2 heterocycles. The van der Waals surface area contributed by atoms with Gasteiger partial charge in [0.1, 0.15) is 0 Å². The Morgan fingerprint density at radius 3 is 2.47 bits per heavy atom. The molecule has 0 N–H and O–H groups in total. The fourth-order valence-electron chi connectivity index (χ4n) is 4.84. The minimum absolute atomic E-state index is 0.138. The Morgan fingerprint density at radius 1 is 1.06 bits per heavy atom. The van der Waals surface area contributed by atoms with Crippen LogP contribution in [0.5, 0.6) is 0 Å². The molecule has 1 aromatic heterocycles. The third-order valence-corrected chi connectivity index (χ3v) is 6.36. The summed E-state index contributed by atoms with van der Waals surface area (Å²) in [5.41, 5.74) is 4.51. The lowest BCUT2D eigenvalue weighted by atomic mass is 9.88. The summed E-state index contributed by atoms with van der Waals surface area (Å²) in [6.45, 7) is 10.8. The first-order chi connectivity index (χ1) is 15.5. The van der Waals surface area contributed by atoms with E-state index in [4.69, 9.17) is 4.42 Å². The van der Waals surface area contributed by atoms with Crippen LogP contribution in [0.4, 0.5) is 0 Å². The van der Waals surface area contributed by atoms with Crippen molar-refractivity contribution in [2.75, 3.05) is 26.2 Å². The van der Waals surface area contributed by atoms with Gasteiger partial charge in [-0.1, -0.05) is 61.9 Å². The van der Waals surface area contributed by atoms with E-state index in [0.717, 1.165) is 38.3 Å². The van der Waals surface area contributed by atoms with Gasteiger partial charge in [-0.15, -0.1) is 0 Å². The quantitative estimate of drug-likeness (QED) is 0.467. The van der Waals surface area contributed by atoms with Crippen LogP contribution in [0.3, 0.4) is 0 Å². The molecule has 1 fully saturated rings. The zero-order valence-electron chi connectivity index (χ0n) is 19.4. The zero-order chi connectivity index (χ0) is 22.5. The molecule has 0 unspecified atom stereocenters. The van der Waals surface area contributed by atoms with Crippen molar-refractivity contribution in [2.24, 2.45) is 11.8 Å². The minimum Gasteiger partial charge on any atom is -0.472 e. The molecule has 0 radical (unpaired) electrons. The van der Waals surface area contributed by atoms with Crippen molar-refractivity contribution in [1.29, 1.82) is 0 Å². The SMILES string of the molecule is Cc1ccc(C(=O)N(CC(C)C)C[C@H]2CN(Cc3ccoc3)C[C@H]2c2ccccc2)cc1. The average molecular weight is 431 g/mol. The van der Waals surface area contributed by atoms with E-state index in [1.165, 1.54) is 16.7 Å². The lowest BCUT2D eigenvalue weighted by Gasteiger charge is -2.30. The molecule has 32 heavy (non-hydrogen) atoms. The Balaban J connectivity index is 1.56. The Hall–Kier alpha value is -2.85. The van der Waals surface area contributed by atoms with Crippen LogP contribution in [0, 0.1) is 18.8 Å². The molecule has 0 bridgehead atoms. The van der Waals surface area contributed by atoms with Gasteiger partial charge in [-0.05, 0) is 42.5 Å². The number of rotatable bonds is 8. The molecule has 0 spiro atoms. The van der Waals surface area contributed by atoms with E-state index >= 15 is 0 Å². The van der Waals surface area contributed by atoms with Gasteiger partial charge in [0, 0.05) is 49.8 Å². The first-order valence-electron chi connectivity index (χ1n) is 11.6. The van der Waals surface area contributed by atoms with Gasteiger partial charge in [0.25, 0.3) is 5.91 Å². The summed E-state index contributed by atoms with van der Waals surface area (Å²) in [7, 11) is 0. The summed E-state index contributed by atoms with van der Waals surface area (Å²) in [4.78, 5) is 18.0. The monoisotopic (exact) mass is 430 g/mol. The molecule has 3 aromatic rings. The van der Waals surface area contributed by atoms with Gasteiger partial charge in [0.05, 0.1) is 12.5 Å². The van der Waals surface area contributed by atoms with E-state index in [9.17, 15) is 4.79 Å². The molecule has 1 aliphatic heterocycles. The van der Waals surface area contributed by atoms with Gasteiger partial charge in [-0.25, -0.2) is 0 Å². The van der Waals surface area contributed by atoms with Gasteiger partial charge in [-0.2, -0.15) is 0 Å². The van der Waals surface area contributed by atoms with E-state index in [-0.39, 0.29) is 5.91 Å². The Labute approximate surface area is 191 Å². The summed E-state index contributed by atoms with van der Waals surface area (Å²) in [6.07, 6.45) is 3.57. The van der Waals surface area contributed by atoms with Crippen molar-refractivity contribution in [3.63, 3.8) is 0 Å². The van der Waals surface area contributed by atoms with Crippen molar-refractivity contribution in [1.82, 2.24) is 9.80 Å². The van der Waals surface area contributed by atoms with Crippen LogP contribution in [-0.4, -0.2) is 41.9 Å². The van der Waals surface area contributed by atoms with Crippen molar-refractivity contribution in [3.05, 3.63) is 95.4 Å². The molecule has 0 aliphatic carbocycles. The van der Waals surface area contributed by atoms with Crippen LogP contribution in [0.25, 0.3) is 0 Å². The van der Waals surface area contributed by atoms with Crippen molar-refractivity contribution in [3.8, 4) is 0 Å². The molecule has 1 saturated heterocycles. The van der Waals surface area contributed by atoms with Crippen molar-refractivity contribution in [2.45, 2.75) is 33.2 Å². The van der Waals surface area contributed by atoms with Gasteiger partial charge < -0.3 is 9.32 Å². The van der Waals surface area contributed by atoms with E-state index in [1.54, 1.807) is 6.26 Å². The van der Waals surface area contributed by atoms with Crippen LogP contribution in [-0.2, 0) is 6.54 Å². The van der Waals surface area contributed by atoms with Crippen LogP contribution in [0.15, 0.2) is 77.6 Å². The van der Waals surface area contributed by atoms with Crippen molar-refractivity contribution >= 4 is 5.91 Å². The highest BCUT2D eigenvalue weighted by Crippen LogP contribution is 2.34. The predicted octanol–water partition coefficient (Wildman–Crippen LogP) is 5.60. The molecule has 4 rings (SSSR count). The van der Waals surface area contributed by atoms with Crippen LogP contribution >= 0.6 is 0 Å². The van der Waals surface area contributed by atoms with Crippen molar-refractivity contribution < 1.29 is 9.21 Å². The van der Waals surface area contributed by atoms with E-state index in [1.807, 2.05) is 36.6 Å². The highest BCUT2D eigenvalue weighted by atomic mass is 16.3. The second kappa shape index (κ2) is 10.2. The normalized spacial score (nSPS) is 18.9. The highest BCUT2D eigenvalue weighted by molar-refractivity contribution is 5.94. The first kappa shape index (κ1) is 22.3. The van der Waals surface area contributed by atoms with E-state index in [0.29, 0.717) is 17.8 Å². The Kier molecular flexibility index (Phi) is 7.11. The summed E-state index contributed by atoms with van der Waals surface area (Å²) < 4.78 is 5.28. The lowest BCUT2D eigenvalue weighted by molar-refractivity contribution is 0.0703. The summed E-state index contributed by atoms with van der Waals surface area (Å²) >= 11 is 0. The molecule has 1 amide bonds. The maximum Gasteiger partial charge on any atom is 0.253 e. The Morgan fingerprint density at radius 2 is 1.81 bits per heavy atom. The average Bonchev–Trinajstić information content (AvgIpc) is 3.44. The molecule has 0 saturated carbocycles. The number of carbonyl (C=O) groups excluding carboxylic acids is 1. The maximum atomic E-state index is 13.5. The molecule has 4 nitrogen and oxygen atoms in total. The number of aryl methyl sites for hydroxylation is 1. The van der Waals surface area contributed by atoms with Gasteiger partial charge in [0.15, 0.2) is 0 Å². The van der Waals surface area contributed by atoms with Gasteiger partial charge >= 0.3 is 0 Å². The molecule has 2 aromatic carbocycles. The van der Waals surface area contributed by atoms with E-state index in [2.05, 4.69) is 60.9 Å². The minimum atomic E-state index is 0.138. The molecule has 1 aliphatic rings. The topological polar surface area (TPSA) is 36.7 Å². The number of hydrogen-bond donors (Lipinski definition) is 0. The number of furan rings is 1. The van der Waals surface area contributed by atoms with E-state index < -0.39 is 0 Å². The number of nitrogens with zero attached hydrogens (tertiary/aromatic N) is 2. The third kappa shape index (κ3) is 5.49. The van der Waals surface area contributed by atoms with Gasteiger partial charge in [-0.3, -0.25) is 9.69 Å². The highest BCUT2D eigenvalue weighted by Gasteiger charge is 2.36. The number of amides is 1. The number of likely N-dealkylation sites (tertiary alicyclic amines) is 1. The maximum absolute atomic E-state index is 13.5. The Bertz CT molecular complexity index is 980. The zero-order valence-corrected chi connectivity index (χ0v) is 19.4. The second-order valence-corrected chi connectivity index (χ2v) is 9.57. The summed E-state index contributed by atoms with van der Waals surface area (Å²) in [5, 5.41) is 0. The largest absolute Gasteiger partial charge is 0.472 e.